The van der Waals surface area contributed by atoms with Gasteiger partial charge in [0.1, 0.15) is 6.54 Å². The molecule has 0 spiro atoms. The van der Waals surface area contributed by atoms with Crippen molar-refractivity contribution < 1.29 is 24.5 Å². The Bertz CT molecular complexity index is 301. The molecule has 0 fully saturated rings. The molecule has 0 heterocycles. The lowest BCUT2D eigenvalue weighted by Gasteiger charge is -2.05. The van der Waals surface area contributed by atoms with Gasteiger partial charge in [-0.15, -0.1) is 5.43 Å². The van der Waals surface area contributed by atoms with Crippen LogP contribution < -0.4 is 11.2 Å². The average Bonchev–Trinajstić information content (AvgIpc) is 2.11. The molecule has 0 saturated carbocycles. The normalized spacial score (nSPS) is 11.5. The van der Waals surface area contributed by atoms with Crippen LogP contribution in [0.5, 0.6) is 0 Å². The zero-order valence-electron chi connectivity index (χ0n) is 7.50. The van der Waals surface area contributed by atoms with E-state index in [1.165, 1.54) is 5.43 Å². The largest absolute Gasteiger partial charge is 0.481 e. The van der Waals surface area contributed by atoms with Crippen molar-refractivity contribution in [3.05, 3.63) is 10.1 Å². The minimum absolute atomic E-state index is 0.691. The molecule has 0 rings (SSSR count). The Hall–Kier alpha value is -2.03. The number of carboxylic acid groups (broad SMARTS) is 1. The molecule has 84 valence electrons. The van der Waals surface area contributed by atoms with E-state index in [1.54, 1.807) is 0 Å². The third-order valence-electron chi connectivity index (χ3n) is 1.37. The number of nitro groups is 1. The van der Waals surface area contributed by atoms with E-state index in [1.807, 2.05) is 0 Å². The third kappa shape index (κ3) is 5.31. The van der Waals surface area contributed by atoms with Crippen molar-refractivity contribution in [2.45, 2.75) is 12.5 Å². The monoisotopic (exact) mass is 219 g/mol. The Balaban J connectivity index is 4.13. The van der Waals surface area contributed by atoms with Gasteiger partial charge in [0, 0.05) is 0 Å². The van der Waals surface area contributed by atoms with E-state index in [9.17, 15) is 24.5 Å². The fourth-order valence-corrected chi connectivity index (χ4v) is 0.711. The maximum absolute atomic E-state index is 11.0. The van der Waals surface area contributed by atoms with E-state index < -0.39 is 41.6 Å². The van der Waals surface area contributed by atoms with Crippen LogP contribution in [0.3, 0.4) is 0 Å². The fourth-order valence-electron chi connectivity index (χ4n) is 0.711. The van der Waals surface area contributed by atoms with Gasteiger partial charge in [-0.25, -0.2) is 10.1 Å². The zero-order chi connectivity index (χ0) is 12.0. The maximum Gasteiger partial charge on any atom is 0.305 e. The minimum atomic E-state index is -1.47. The average molecular weight is 219 g/mol. The lowest BCUT2D eigenvalue weighted by molar-refractivity contribution is -0.541. The quantitative estimate of drug-likeness (QED) is 0.245. The van der Waals surface area contributed by atoms with Crippen LogP contribution in [0.1, 0.15) is 6.42 Å². The summed E-state index contributed by atoms with van der Waals surface area (Å²) in [6.45, 7) is -0.806. The van der Waals surface area contributed by atoms with E-state index in [2.05, 4.69) is 0 Å². The zero-order valence-corrected chi connectivity index (χ0v) is 7.50. The topological polar surface area (TPSA) is 153 Å². The molecule has 0 aromatic carbocycles. The van der Waals surface area contributed by atoms with Gasteiger partial charge in [-0.2, -0.15) is 0 Å². The van der Waals surface area contributed by atoms with Gasteiger partial charge >= 0.3 is 5.97 Å². The first kappa shape index (κ1) is 13.0. The highest BCUT2D eigenvalue weighted by molar-refractivity contribution is 6.40. The van der Waals surface area contributed by atoms with Gasteiger partial charge in [0.25, 0.3) is 0 Å². The van der Waals surface area contributed by atoms with Crippen molar-refractivity contribution in [1.82, 2.24) is 5.43 Å². The highest BCUT2D eigenvalue weighted by Gasteiger charge is 2.24. The molecule has 0 radical (unpaired) electrons. The van der Waals surface area contributed by atoms with Gasteiger partial charge in [0.05, 0.1) is 12.5 Å². The second-order valence-corrected chi connectivity index (χ2v) is 2.58. The second-order valence-electron chi connectivity index (χ2n) is 2.58. The van der Waals surface area contributed by atoms with Gasteiger partial charge in [-0.05, 0) is 0 Å². The molecule has 15 heavy (non-hydrogen) atoms. The van der Waals surface area contributed by atoms with Gasteiger partial charge < -0.3 is 10.8 Å². The summed E-state index contributed by atoms with van der Waals surface area (Å²) in [6.07, 6.45) is -0.691. The molecule has 9 heteroatoms. The Kier molecular flexibility index (Phi) is 4.88. The van der Waals surface area contributed by atoms with Gasteiger partial charge in [-0.3, -0.25) is 14.4 Å². The number of ketones is 2. The van der Waals surface area contributed by atoms with E-state index in [0.717, 1.165) is 0 Å². The minimum Gasteiger partial charge on any atom is -0.481 e. The maximum atomic E-state index is 11.0. The number of rotatable bonds is 7. The number of carbonyl (C=O) groups is 3. The molecule has 4 N–H and O–H groups in total. The predicted octanol–water partition coefficient (Wildman–Crippen LogP) is -2.29. The van der Waals surface area contributed by atoms with Crippen LogP contribution in [0.2, 0.25) is 0 Å². The highest BCUT2D eigenvalue weighted by Crippen LogP contribution is 1.91. The summed E-state index contributed by atoms with van der Waals surface area (Å²) in [6, 6.07) is -1.47. The highest BCUT2D eigenvalue weighted by atomic mass is 16.7. The first-order valence-corrected chi connectivity index (χ1v) is 3.77. The summed E-state index contributed by atoms with van der Waals surface area (Å²) in [7, 11) is 0. The summed E-state index contributed by atoms with van der Waals surface area (Å²) < 4.78 is 0. The van der Waals surface area contributed by atoms with Crippen LogP contribution in [0.15, 0.2) is 0 Å². The predicted molar refractivity (Wildman–Crippen MR) is 45.2 cm³/mol. The number of nitrogens with one attached hydrogen (secondary N) is 1. The summed E-state index contributed by atoms with van der Waals surface area (Å²) >= 11 is 0. The van der Waals surface area contributed by atoms with Crippen molar-refractivity contribution in [2.24, 2.45) is 5.73 Å². The Morgan fingerprint density at radius 3 is 2.40 bits per heavy atom. The van der Waals surface area contributed by atoms with Crippen LogP contribution in [-0.2, 0) is 14.4 Å². The number of carbonyl (C=O) groups excluding carboxylic acids is 2. The molecule has 0 saturated heterocycles. The molecule has 0 aromatic heterocycles. The Morgan fingerprint density at radius 2 is 2.00 bits per heavy atom. The number of aliphatic carboxylic acids is 1. The van der Waals surface area contributed by atoms with E-state index in [-0.39, 0.29) is 0 Å². The summed E-state index contributed by atoms with van der Waals surface area (Å²) in [5.74, 6) is -3.60. The van der Waals surface area contributed by atoms with Crippen LogP contribution in [-0.4, -0.2) is 40.3 Å². The number of nitrogens with zero attached hydrogens (tertiary/aromatic N) is 1. The summed E-state index contributed by atoms with van der Waals surface area (Å²) in [5.41, 5.74) is 6.56. The third-order valence-corrected chi connectivity index (χ3v) is 1.37. The molecule has 0 aliphatic carbocycles. The van der Waals surface area contributed by atoms with Crippen molar-refractivity contribution in [3.8, 4) is 0 Å². The van der Waals surface area contributed by atoms with Crippen molar-refractivity contribution in [3.63, 3.8) is 0 Å². The Labute approximate surface area is 83.4 Å². The van der Waals surface area contributed by atoms with Crippen molar-refractivity contribution in [2.75, 3.05) is 6.54 Å². The molecule has 0 amide bonds. The van der Waals surface area contributed by atoms with Gasteiger partial charge in [-0.1, -0.05) is 0 Å². The Morgan fingerprint density at radius 1 is 1.47 bits per heavy atom. The lowest BCUT2D eigenvalue weighted by Crippen LogP contribution is -2.42. The second kappa shape index (κ2) is 5.65. The molecular formula is C6H9N3O6. The molecule has 9 nitrogen and oxygen atoms in total. The van der Waals surface area contributed by atoms with Crippen LogP contribution in [0.25, 0.3) is 0 Å². The number of nitrogens with two attached hydrogens (primary N) is 1. The molecule has 0 aliphatic heterocycles. The van der Waals surface area contributed by atoms with Crippen molar-refractivity contribution >= 4 is 17.5 Å². The van der Waals surface area contributed by atoms with Gasteiger partial charge in [0.2, 0.25) is 11.6 Å². The molecule has 1 atom stereocenters. The number of hydrogen-bond acceptors (Lipinski definition) is 6. The standard InChI is InChI=1S/C6H9N3O6/c7-3(1-5(11)12)6(13)4(10)2-8-9(14)15/h3,8H,1-2,7H2,(H,11,12)/t3-/m0/s1. The summed E-state index contributed by atoms with van der Waals surface area (Å²) in [5, 5.41) is 17.1. The van der Waals surface area contributed by atoms with Crippen molar-refractivity contribution in [1.29, 1.82) is 0 Å². The molecule has 0 aromatic rings. The molecular weight excluding hydrogens is 210 g/mol. The van der Waals surface area contributed by atoms with Crippen LogP contribution in [0.4, 0.5) is 0 Å². The number of Topliss-reactive ketones (excluding diaryl/α,β-unsaturated/α-hetero) is 2. The van der Waals surface area contributed by atoms with E-state index in [0.29, 0.717) is 0 Å². The molecule has 0 unspecified atom stereocenters. The number of carboxylic acids is 1. The van der Waals surface area contributed by atoms with Crippen LogP contribution >= 0.6 is 0 Å². The molecule has 0 bridgehead atoms. The smallest absolute Gasteiger partial charge is 0.305 e. The number of hydrogen-bond donors (Lipinski definition) is 3. The van der Waals surface area contributed by atoms with E-state index in [4.69, 9.17) is 10.8 Å². The first-order chi connectivity index (χ1) is 6.84. The first-order valence-electron chi connectivity index (χ1n) is 3.77. The SMILES string of the molecule is N[C@@H](CC(=O)O)C(=O)C(=O)CN[N+](=O)[O-]. The fraction of sp³-hybridized carbons (Fsp3) is 0.500. The van der Waals surface area contributed by atoms with Crippen LogP contribution in [0, 0.1) is 10.1 Å². The summed E-state index contributed by atoms with van der Waals surface area (Å²) in [4.78, 5) is 41.8. The van der Waals surface area contributed by atoms with Gasteiger partial charge in [0.15, 0.2) is 5.03 Å². The molecule has 0 aliphatic rings. The lowest BCUT2D eigenvalue weighted by atomic mass is 10.1. The van der Waals surface area contributed by atoms with E-state index >= 15 is 0 Å². The number of hydrazine groups is 1.